The molecule has 0 aliphatic rings. The van der Waals surface area contributed by atoms with Gasteiger partial charge in [-0.25, -0.2) is 4.98 Å². The second kappa shape index (κ2) is 6.72. The minimum Gasteiger partial charge on any atom is -0.481 e. The first-order valence-electron chi connectivity index (χ1n) is 6.56. The molecule has 108 valence electrons. The fraction of sp³-hybridized carbons (Fsp3) is 0.429. The lowest BCUT2D eigenvalue weighted by Gasteiger charge is -2.08. The molecule has 1 aromatic carbocycles. The van der Waals surface area contributed by atoms with Crippen LogP contribution < -0.4 is 0 Å². The van der Waals surface area contributed by atoms with Crippen molar-refractivity contribution in [1.82, 2.24) is 9.55 Å². The van der Waals surface area contributed by atoms with E-state index in [4.69, 9.17) is 21.4 Å². The van der Waals surface area contributed by atoms with E-state index in [0.29, 0.717) is 31.2 Å². The van der Waals surface area contributed by atoms with Crippen LogP contribution in [0.3, 0.4) is 0 Å². The smallest absolute Gasteiger partial charge is 0.303 e. The SMILES string of the molecule is CCOCCn1c(CCC(=O)O)nc2cc(Cl)ccc21. The fourth-order valence-corrected chi connectivity index (χ4v) is 2.28. The number of rotatable bonds is 7. The van der Waals surface area contributed by atoms with Crippen molar-refractivity contribution in [2.24, 2.45) is 0 Å². The largest absolute Gasteiger partial charge is 0.481 e. The molecule has 1 aromatic heterocycles. The number of halogens is 1. The molecule has 0 bridgehead atoms. The lowest BCUT2D eigenvalue weighted by molar-refractivity contribution is -0.137. The zero-order chi connectivity index (χ0) is 14.5. The highest BCUT2D eigenvalue weighted by Crippen LogP contribution is 2.21. The number of imidazole rings is 1. The minimum atomic E-state index is -0.827. The summed E-state index contributed by atoms with van der Waals surface area (Å²) in [4.78, 5) is 15.2. The summed E-state index contributed by atoms with van der Waals surface area (Å²) in [5.74, 6) is -0.0733. The molecule has 20 heavy (non-hydrogen) atoms. The zero-order valence-corrected chi connectivity index (χ0v) is 12.1. The van der Waals surface area contributed by atoms with Crippen LogP contribution >= 0.6 is 11.6 Å². The number of carboxylic acids is 1. The number of fused-ring (bicyclic) bond motifs is 1. The summed E-state index contributed by atoms with van der Waals surface area (Å²) in [5.41, 5.74) is 1.74. The number of aromatic nitrogens is 2. The van der Waals surface area contributed by atoms with Gasteiger partial charge in [0.2, 0.25) is 0 Å². The molecule has 0 saturated heterocycles. The van der Waals surface area contributed by atoms with Crippen LogP contribution in [-0.4, -0.2) is 33.8 Å². The Labute approximate surface area is 122 Å². The van der Waals surface area contributed by atoms with Crippen molar-refractivity contribution in [2.75, 3.05) is 13.2 Å². The maximum Gasteiger partial charge on any atom is 0.303 e. The molecule has 0 atom stereocenters. The molecule has 0 amide bonds. The molecule has 2 rings (SSSR count). The molecule has 1 N–H and O–H groups in total. The van der Waals surface area contributed by atoms with Crippen molar-refractivity contribution in [3.8, 4) is 0 Å². The Morgan fingerprint density at radius 2 is 2.30 bits per heavy atom. The number of carbonyl (C=O) groups is 1. The molecular formula is C14H17ClN2O3. The quantitative estimate of drug-likeness (QED) is 0.798. The Balaban J connectivity index is 2.31. The highest BCUT2D eigenvalue weighted by atomic mass is 35.5. The number of aliphatic carboxylic acids is 1. The van der Waals surface area contributed by atoms with E-state index in [0.717, 1.165) is 16.9 Å². The maximum atomic E-state index is 10.7. The predicted molar refractivity (Wildman–Crippen MR) is 77.2 cm³/mol. The summed E-state index contributed by atoms with van der Waals surface area (Å²) in [6.07, 6.45) is 0.458. The molecule has 0 radical (unpaired) electrons. The van der Waals surface area contributed by atoms with Gasteiger partial charge in [-0.2, -0.15) is 0 Å². The van der Waals surface area contributed by atoms with Crippen molar-refractivity contribution in [2.45, 2.75) is 26.3 Å². The zero-order valence-electron chi connectivity index (χ0n) is 11.3. The second-order valence-corrected chi connectivity index (χ2v) is 4.84. The van der Waals surface area contributed by atoms with Crippen LogP contribution in [0.15, 0.2) is 18.2 Å². The lowest BCUT2D eigenvalue weighted by Crippen LogP contribution is -2.10. The number of aryl methyl sites for hydroxylation is 1. The minimum absolute atomic E-state index is 0.0612. The van der Waals surface area contributed by atoms with Gasteiger partial charge in [0.15, 0.2) is 0 Å². The van der Waals surface area contributed by atoms with E-state index < -0.39 is 5.97 Å². The molecule has 6 heteroatoms. The average molecular weight is 297 g/mol. The number of nitrogens with zero attached hydrogens (tertiary/aromatic N) is 2. The molecule has 0 spiro atoms. The number of ether oxygens (including phenoxy) is 1. The highest BCUT2D eigenvalue weighted by Gasteiger charge is 2.12. The van der Waals surface area contributed by atoms with Crippen LogP contribution in [-0.2, 0) is 22.5 Å². The van der Waals surface area contributed by atoms with Gasteiger partial charge in [-0.15, -0.1) is 0 Å². The summed E-state index contributed by atoms with van der Waals surface area (Å²) in [7, 11) is 0. The standard InChI is InChI=1S/C14H17ClN2O3/c1-2-20-8-7-17-12-4-3-10(15)9-11(12)16-13(17)5-6-14(18)19/h3-4,9H,2,5-8H2,1H3,(H,18,19). The topological polar surface area (TPSA) is 64.3 Å². The summed E-state index contributed by atoms with van der Waals surface area (Å²) in [6, 6.07) is 5.50. The van der Waals surface area contributed by atoms with Crippen LogP contribution in [0.2, 0.25) is 5.02 Å². The molecule has 5 nitrogen and oxygen atoms in total. The third kappa shape index (κ3) is 3.49. The fourth-order valence-electron chi connectivity index (χ4n) is 2.11. The molecule has 2 aromatic rings. The molecule has 0 unspecified atom stereocenters. The van der Waals surface area contributed by atoms with Crippen molar-refractivity contribution >= 4 is 28.6 Å². The van der Waals surface area contributed by atoms with Gasteiger partial charge in [0.25, 0.3) is 0 Å². The molecule has 1 heterocycles. The van der Waals surface area contributed by atoms with Gasteiger partial charge >= 0.3 is 5.97 Å². The molecule has 0 aliphatic carbocycles. The number of hydrogen-bond acceptors (Lipinski definition) is 3. The lowest BCUT2D eigenvalue weighted by atomic mass is 10.3. The van der Waals surface area contributed by atoms with Crippen LogP contribution in [0.1, 0.15) is 19.2 Å². The van der Waals surface area contributed by atoms with Gasteiger partial charge in [-0.3, -0.25) is 4.79 Å². The first kappa shape index (κ1) is 14.8. The summed E-state index contributed by atoms with van der Waals surface area (Å²) in [6.45, 7) is 3.83. The van der Waals surface area contributed by atoms with Crippen LogP contribution in [0, 0.1) is 0 Å². The first-order chi connectivity index (χ1) is 9.61. The average Bonchev–Trinajstić information content (AvgIpc) is 2.74. The Morgan fingerprint density at radius 1 is 1.50 bits per heavy atom. The molecule has 0 saturated carbocycles. The van der Waals surface area contributed by atoms with E-state index in [1.54, 1.807) is 6.07 Å². The Bertz CT molecular complexity index is 610. The van der Waals surface area contributed by atoms with Gasteiger partial charge in [0.05, 0.1) is 24.1 Å². The number of carboxylic acid groups (broad SMARTS) is 1. The highest BCUT2D eigenvalue weighted by molar-refractivity contribution is 6.31. The first-order valence-corrected chi connectivity index (χ1v) is 6.93. The van der Waals surface area contributed by atoms with Gasteiger partial charge in [0.1, 0.15) is 5.82 Å². The van der Waals surface area contributed by atoms with Crippen molar-refractivity contribution in [1.29, 1.82) is 0 Å². The van der Waals surface area contributed by atoms with Crippen molar-refractivity contribution in [3.05, 3.63) is 29.0 Å². The van der Waals surface area contributed by atoms with E-state index in [1.807, 2.05) is 23.6 Å². The second-order valence-electron chi connectivity index (χ2n) is 4.40. The third-order valence-corrected chi connectivity index (χ3v) is 3.25. The van der Waals surface area contributed by atoms with Crippen molar-refractivity contribution in [3.63, 3.8) is 0 Å². The summed E-state index contributed by atoms with van der Waals surface area (Å²) in [5, 5.41) is 9.44. The van der Waals surface area contributed by atoms with E-state index in [9.17, 15) is 4.79 Å². The molecule has 0 aliphatic heterocycles. The van der Waals surface area contributed by atoms with E-state index in [1.165, 1.54) is 0 Å². The van der Waals surface area contributed by atoms with E-state index in [-0.39, 0.29) is 6.42 Å². The number of benzene rings is 1. The molecule has 0 fully saturated rings. The van der Waals surface area contributed by atoms with E-state index >= 15 is 0 Å². The van der Waals surface area contributed by atoms with Crippen LogP contribution in [0.25, 0.3) is 11.0 Å². The predicted octanol–water partition coefficient (Wildman–Crippen LogP) is 2.74. The number of hydrogen-bond donors (Lipinski definition) is 1. The Hall–Kier alpha value is -1.59. The Morgan fingerprint density at radius 3 is 3.00 bits per heavy atom. The van der Waals surface area contributed by atoms with Gasteiger partial charge in [-0.1, -0.05) is 11.6 Å². The van der Waals surface area contributed by atoms with Gasteiger partial charge < -0.3 is 14.4 Å². The third-order valence-electron chi connectivity index (χ3n) is 3.02. The van der Waals surface area contributed by atoms with Crippen LogP contribution in [0.5, 0.6) is 0 Å². The van der Waals surface area contributed by atoms with Gasteiger partial charge in [0, 0.05) is 24.6 Å². The van der Waals surface area contributed by atoms with E-state index in [2.05, 4.69) is 4.98 Å². The van der Waals surface area contributed by atoms with Crippen LogP contribution in [0.4, 0.5) is 0 Å². The van der Waals surface area contributed by atoms with Crippen molar-refractivity contribution < 1.29 is 14.6 Å². The van der Waals surface area contributed by atoms with Gasteiger partial charge in [-0.05, 0) is 25.1 Å². The molecular weight excluding hydrogens is 280 g/mol. The maximum absolute atomic E-state index is 10.7. The normalized spacial score (nSPS) is 11.1. The summed E-state index contributed by atoms with van der Waals surface area (Å²) < 4.78 is 7.37. The Kier molecular flexibility index (Phi) is 4.98. The summed E-state index contributed by atoms with van der Waals surface area (Å²) >= 11 is 5.97. The monoisotopic (exact) mass is 296 g/mol.